The number of piperidine rings is 1. The van der Waals surface area contributed by atoms with Crippen LogP contribution < -0.4 is 10.5 Å². The molecule has 0 unspecified atom stereocenters. The molecule has 0 atom stereocenters. The Labute approximate surface area is 188 Å². The van der Waals surface area contributed by atoms with Crippen LogP contribution in [-0.2, 0) is 14.8 Å². The maximum absolute atomic E-state index is 12.8. The van der Waals surface area contributed by atoms with Crippen LogP contribution in [0.4, 0.5) is 5.69 Å². The monoisotopic (exact) mass is 456 g/mol. The van der Waals surface area contributed by atoms with E-state index in [9.17, 15) is 18.0 Å². The predicted molar refractivity (Wildman–Crippen MR) is 122 cm³/mol. The maximum Gasteiger partial charge on any atom is 0.261 e. The number of hydrogen-bond donors (Lipinski definition) is 2. The number of carbonyl (C=O) groups is 2. The zero-order chi connectivity index (χ0) is 22.9. The van der Waals surface area contributed by atoms with E-state index in [0.717, 1.165) is 31.5 Å². The average molecular weight is 457 g/mol. The fourth-order valence-corrected chi connectivity index (χ4v) is 5.42. The number of aryl methyl sites for hydroxylation is 1. The molecule has 2 amide bonds. The van der Waals surface area contributed by atoms with Gasteiger partial charge in [-0.05, 0) is 74.8 Å². The number of nitrogens with two attached hydrogens (primary N) is 1. The van der Waals surface area contributed by atoms with Crippen LogP contribution in [0.1, 0.15) is 28.8 Å². The van der Waals surface area contributed by atoms with E-state index < -0.39 is 10.0 Å². The number of nitrogens with one attached hydrogen (secondary N) is 1. The molecule has 170 valence electrons. The minimum absolute atomic E-state index is 0.0362. The number of benzene rings is 2. The van der Waals surface area contributed by atoms with Crippen molar-refractivity contribution < 1.29 is 18.0 Å². The van der Waals surface area contributed by atoms with Gasteiger partial charge >= 0.3 is 0 Å². The number of carbonyl (C=O) groups excluding carboxylic acids is 2. The number of likely N-dealkylation sites (tertiary alicyclic amines) is 2. The van der Waals surface area contributed by atoms with Crippen molar-refractivity contribution in [1.82, 2.24) is 9.80 Å². The van der Waals surface area contributed by atoms with Crippen molar-refractivity contribution in [2.24, 2.45) is 11.7 Å². The van der Waals surface area contributed by atoms with Gasteiger partial charge in [-0.25, -0.2) is 8.42 Å². The summed E-state index contributed by atoms with van der Waals surface area (Å²) in [5.41, 5.74) is 7.18. The van der Waals surface area contributed by atoms with Gasteiger partial charge in [-0.15, -0.1) is 0 Å². The van der Waals surface area contributed by atoms with Crippen molar-refractivity contribution in [2.45, 2.75) is 30.7 Å². The first-order valence-corrected chi connectivity index (χ1v) is 12.2. The van der Waals surface area contributed by atoms with Gasteiger partial charge in [0.1, 0.15) is 0 Å². The standard InChI is InChI=1S/C23H28N4O4S/c1-16-3-2-4-21(13-16)32(30,31)25-19-7-5-18(6-8-19)23(29)27-14-20(15-27)26-11-9-17(10-12-26)22(24)28/h2-8,13,17,20,25H,9-12,14-15H2,1H3,(H2,24,28). The van der Waals surface area contributed by atoms with E-state index in [0.29, 0.717) is 30.4 Å². The number of rotatable bonds is 6. The molecule has 2 aliphatic heterocycles. The van der Waals surface area contributed by atoms with Gasteiger partial charge in [0.25, 0.3) is 15.9 Å². The number of amides is 2. The summed E-state index contributed by atoms with van der Waals surface area (Å²) in [5.74, 6) is -0.327. The van der Waals surface area contributed by atoms with Crippen LogP contribution in [0, 0.1) is 12.8 Å². The zero-order valence-electron chi connectivity index (χ0n) is 18.0. The molecule has 0 aromatic heterocycles. The number of nitrogens with zero attached hydrogens (tertiary/aromatic N) is 2. The highest BCUT2D eigenvalue weighted by atomic mass is 32.2. The van der Waals surface area contributed by atoms with E-state index in [4.69, 9.17) is 5.73 Å². The molecule has 3 N–H and O–H groups in total. The molecular formula is C23H28N4O4S. The first kappa shape index (κ1) is 22.3. The van der Waals surface area contributed by atoms with Crippen LogP contribution in [0.3, 0.4) is 0 Å². The second-order valence-electron chi connectivity index (χ2n) is 8.58. The number of anilines is 1. The molecule has 2 aromatic carbocycles. The van der Waals surface area contributed by atoms with E-state index >= 15 is 0 Å². The highest BCUT2D eigenvalue weighted by molar-refractivity contribution is 7.92. The molecule has 0 aliphatic carbocycles. The largest absolute Gasteiger partial charge is 0.369 e. The molecule has 2 aliphatic rings. The summed E-state index contributed by atoms with van der Waals surface area (Å²) in [6, 6.07) is 13.5. The molecule has 9 heteroatoms. The topological polar surface area (TPSA) is 113 Å². The molecule has 2 saturated heterocycles. The van der Waals surface area contributed by atoms with E-state index in [-0.39, 0.29) is 22.6 Å². The molecule has 0 bridgehead atoms. The van der Waals surface area contributed by atoms with Crippen molar-refractivity contribution in [3.63, 3.8) is 0 Å². The average Bonchev–Trinajstić information content (AvgIpc) is 2.73. The molecule has 0 radical (unpaired) electrons. The second kappa shape index (κ2) is 8.91. The minimum atomic E-state index is -3.69. The summed E-state index contributed by atoms with van der Waals surface area (Å²) in [6.45, 7) is 4.80. The van der Waals surface area contributed by atoms with Gasteiger partial charge < -0.3 is 10.6 Å². The van der Waals surface area contributed by atoms with Crippen LogP contribution in [0.5, 0.6) is 0 Å². The smallest absolute Gasteiger partial charge is 0.261 e. The van der Waals surface area contributed by atoms with Gasteiger partial charge in [0.05, 0.1) is 4.90 Å². The lowest BCUT2D eigenvalue weighted by Crippen LogP contribution is -2.62. The third kappa shape index (κ3) is 4.78. The molecule has 2 heterocycles. The van der Waals surface area contributed by atoms with Crippen molar-refractivity contribution in [2.75, 3.05) is 30.9 Å². The Bertz CT molecular complexity index is 1100. The summed E-state index contributed by atoms with van der Waals surface area (Å²) in [5, 5.41) is 0. The second-order valence-corrected chi connectivity index (χ2v) is 10.3. The fraction of sp³-hybridized carbons (Fsp3) is 0.391. The summed E-state index contributed by atoms with van der Waals surface area (Å²) < 4.78 is 27.7. The highest BCUT2D eigenvalue weighted by Crippen LogP contribution is 2.25. The number of hydrogen-bond acceptors (Lipinski definition) is 5. The maximum atomic E-state index is 12.8. The van der Waals surface area contributed by atoms with Crippen molar-refractivity contribution >= 4 is 27.5 Å². The van der Waals surface area contributed by atoms with Gasteiger partial charge in [0, 0.05) is 36.3 Å². The highest BCUT2D eigenvalue weighted by Gasteiger charge is 2.37. The van der Waals surface area contributed by atoms with E-state index in [2.05, 4.69) is 9.62 Å². The lowest BCUT2D eigenvalue weighted by molar-refractivity contribution is -0.123. The molecular weight excluding hydrogens is 428 g/mol. The van der Waals surface area contributed by atoms with Crippen molar-refractivity contribution in [1.29, 1.82) is 0 Å². The number of sulfonamides is 1. The Morgan fingerprint density at radius 2 is 1.69 bits per heavy atom. The van der Waals surface area contributed by atoms with E-state index in [1.54, 1.807) is 47.4 Å². The Morgan fingerprint density at radius 3 is 2.28 bits per heavy atom. The van der Waals surface area contributed by atoms with Gasteiger partial charge in [0.2, 0.25) is 5.91 Å². The third-order valence-electron chi connectivity index (χ3n) is 6.28. The number of primary amides is 1. The van der Waals surface area contributed by atoms with Crippen LogP contribution in [0.25, 0.3) is 0 Å². The van der Waals surface area contributed by atoms with Crippen LogP contribution >= 0.6 is 0 Å². The Kier molecular flexibility index (Phi) is 6.21. The Morgan fingerprint density at radius 1 is 1.03 bits per heavy atom. The normalized spacial score (nSPS) is 18.2. The molecule has 0 spiro atoms. The van der Waals surface area contributed by atoms with Gasteiger partial charge in [-0.3, -0.25) is 19.2 Å². The molecule has 2 fully saturated rings. The van der Waals surface area contributed by atoms with E-state index in [1.807, 2.05) is 13.0 Å². The predicted octanol–water partition coefficient (Wildman–Crippen LogP) is 1.82. The van der Waals surface area contributed by atoms with Crippen LogP contribution in [0.15, 0.2) is 53.4 Å². The first-order chi connectivity index (χ1) is 15.2. The molecule has 8 nitrogen and oxygen atoms in total. The van der Waals surface area contributed by atoms with Gasteiger partial charge in [0.15, 0.2) is 0 Å². The SMILES string of the molecule is Cc1cccc(S(=O)(=O)Nc2ccc(C(=O)N3CC(N4CCC(C(N)=O)CC4)C3)cc2)c1. The van der Waals surface area contributed by atoms with Crippen molar-refractivity contribution in [3.05, 3.63) is 59.7 Å². The Balaban J connectivity index is 1.31. The zero-order valence-corrected chi connectivity index (χ0v) is 18.8. The summed E-state index contributed by atoms with van der Waals surface area (Å²) >= 11 is 0. The van der Waals surface area contributed by atoms with Crippen LogP contribution in [-0.4, -0.2) is 62.3 Å². The summed E-state index contributed by atoms with van der Waals surface area (Å²) in [6.07, 6.45) is 1.55. The Hall–Kier alpha value is -2.91. The molecule has 0 saturated carbocycles. The van der Waals surface area contributed by atoms with Crippen molar-refractivity contribution in [3.8, 4) is 0 Å². The van der Waals surface area contributed by atoms with Crippen LogP contribution in [0.2, 0.25) is 0 Å². The minimum Gasteiger partial charge on any atom is -0.369 e. The quantitative estimate of drug-likeness (QED) is 0.688. The van der Waals surface area contributed by atoms with E-state index in [1.165, 1.54) is 0 Å². The first-order valence-electron chi connectivity index (χ1n) is 10.7. The fourth-order valence-electron chi connectivity index (χ4n) is 4.26. The third-order valence-corrected chi connectivity index (χ3v) is 7.66. The molecule has 2 aromatic rings. The molecule has 4 rings (SSSR count). The summed E-state index contributed by atoms with van der Waals surface area (Å²) in [7, 11) is -3.69. The lowest BCUT2D eigenvalue weighted by atomic mass is 9.93. The molecule has 32 heavy (non-hydrogen) atoms. The van der Waals surface area contributed by atoms with Gasteiger partial charge in [-0.1, -0.05) is 12.1 Å². The lowest BCUT2D eigenvalue weighted by Gasteiger charge is -2.47. The van der Waals surface area contributed by atoms with Gasteiger partial charge in [-0.2, -0.15) is 0 Å². The summed E-state index contributed by atoms with van der Waals surface area (Å²) in [4.78, 5) is 28.4.